The van der Waals surface area contributed by atoms with Gasteiger partial charge in [0, 0.05) is 31.3 Å². The number of aromatic amines is 1. The Hall–Kier alpha value is -1.03. The number of hydrogen-bond donors (Lipinski definition) is 2. The first-order valence-electron chi connectivity index (χ1n) is 4.26. The third-order valence-corrected chi connectivity index (χ3v) is 2.39. The Morgan fingerprint density at radius 2 is 2.08 bits per heavy atom. The van der Waals surface area contributed by atoms with Crippen molar-refractivity contribution in [3.63, 3.8) is 0 Å². The smallest absolute Gasteiger partial charge is 0.267 e. The maximum Gasteiger partial charge on any atom is 0.267 e. The molecule has 0 bridgehead atoms. The van der Waals surface area contributed by atoms with Crippen LogP contribution >= 0.6 is 0 Å². The van der Waals surface area contributed by atoms with Gasteiger partial charge in [0.15, 0.2) is 0 Å². The Kier molecular flexibility index (Phi) is 1.77. The maximum absolute atomic E-state index is 11.3. The predicted octanol–water partition coefficient (Wildman–Crippen LogP) is -0.598. The topological polar surface area (TPSA) is 49.8 Å². The molecule has 0 spiro atoms. The largest absolute Gasteiger partial charge is 0.316 e. The molecule has 0 saturated carbocycles. The molecule has 1 aliphatic heterocycles. The van der Waals surface area contributed by atoms with Gasteiger partial charge in [-0.2, -0.15) is 0 Å². The maximum atomic E-state index is 11.3. The normalized spacial score (nSPS) is 17.1. The number of nitrogens with one attached hydrogen (secondary N) is 2. The van der Waals surface area contributed by atoms with E-state index in [-0.39, 0.29) is 5.56 Å². The van der Waals surface area contributed by atoms with Crippen molar-refractivity contribution in [2.75, 3.05) is 13.1 Å². The number of aromatic nitrogens is 2. The Morgan fingerprint density at radius 1 is 1.33 bits per heavy atom. The highest BCUT2D eigenvalue weighted by atomic mass is 16.1. The molecule has 0 saturated heterocycles. The van der Waals surface area contributed by atoms with Gasteiger partial charge < -0.3 is 5.32 Å². The van der Waals surface area contributed by atoms with Crippen LogP contribution in [0.5, 0.6) is 0 Å². The van der Waals surface area contributed by atoms with Crippen LogP contribution in [0.1, 0.15) is 11.3 Å². The summed E-state index contributed by atoms with van der Waals surface area (Å²) in [5.74, 6) is 0. The quantitative estimate of drug-likeness (QED) is 0.542. The predicted molar refractivity (Wildman–Crippen MR) is 46.3 cm³/mol. The molecule has 0 atom stereocenters. The van der Waals surface area contributed by atoms with E-state index in [1.807, 2.05) is 11.7 Å². The number of H-pyrrole nitrogens is 1. The van der Waals surface area contributed by atoms with Gasteiger partial charge in [-0.25, -0.2) is 0 Å². The lowest BCUT2D eigenvalue weighted by molar-refractivity contribution is 0.661. The highest BCUT2D eigenvalue weighted by Crippen LogP contribution is 2.06. The van der Waals surface area contributed by atoms with Gasteiger partial charge in [0.25, 0.3) is 5.56 Å². The van der Waals surface area contributed by atoms with E-state index < -0.39 is 0 Å². The number of rotatable bonds is 0. The first-order chi connectivity index (χ1) is 5.79. The minimum absolute atomic E-state index is 0.0798. The van der Waals surface area contributed by atoms with E-state index in [2.05, 4.69) is 10.4 Å². The Labute approximate surface area is 70.6 Å². The second kappa shape index (κ2) is 2.79. The van der Waals surface area contributed by atoms with Crippen LogP contribution in [0.4, 0.5) is 0 Å². The minimum atomic E-state index is 0.0798. The molecule has 1 aromatic heterocycles. The number of aryl methyl sites for hydroxylation is 1. The molecule has 1 aliphatic rings. The summed E-state index contributed by atoms with van der Waals surface area (Å²) in [7, 11) is 1.89. The highest BCUT2D eigenvalue weighted by Gasteiger charge is 2.14. The van der Waals surface area contributed by atoms with Crippen LogP contribution in [0.3, 0.4) is 0 Å². The van der Waals surface area contributed by atoms with Crippen LogP contribution in [0.2, 0.25) is 0 Å². The van der Waals surface area contributed by atoms with Gasteiger partial charge >= 0.3 is 0 Å². The second-order valence-electron chi connectivity index (χ2n) is 3.18. The minimum Gasteiger partial charge on any atom is -0.316 e. The van der Waals surface area contributed by atoms with Crippen LogP contribution in [-0.2, 0) is 19.9 Å². The van der Waals surface area contributed by atoms with Gasteiger partial charge in [0.1, 0.15) is 0 Å². The van der Waals surface area contributed by atoms with Crippen molar-refractivity contribution in [1.29, 1.82) is 0 Å². The molecule has 2 heterocycles. The van der Waals surface area contributed by atoms with Gasteiger partial charge in [-0.1, -0.05) is 0 Å². The summed E-state index contributed by atoms with van der Waals surface area (Å²) in [6, 6.07) is 0. The molecular formula is C8H13N3O. The van der Waals surface area contributed by atoms with E-state index in [1.165, 1.54) is 0 Å². The molecule has 0 fully saturated rings. The molecule has 1 aromatic rings. The molecule has 0 radical (unpaired) electrons. The Balaban J connectivity index is 2.51. The third kappa shape index (κ3) is 1.08. The summed E-state index contributed by atoms with van der Waals surface area (Å²) < 4.78 is 1.84. The van der Waals surface area contributed by atoms with Gasteiger partial charge in [0.05, 0.1) is 0 Å². The fraction of sp³-hybridized carbons (Fsp3) is 0.625. The Bertz CT molecular complexity index is 337. The first-order valence-corrected chi connectivity index (χ1v) is 4.26. The van der Waals surface area contributed by atoms with E-state index in [4.69, 9.17) is 0 Å². The molecule has 0 amide bonds. The monoisotopic (exact) mass is 167 g/mol. The summed E-state index contributed by atoms with van der Waals surface area (Å²) in [6.07, 6.45) is 1.80. The van der Waals surface area contributed by atoms with Crippen LogP contribution in [-0.4, -0.2) is 22.9 Å². The average Bonchev–Trinajstić information content (AvgIpc) is 2.29. The molecule has 12 heavy (non-hydrogen) atoms. The lowest BCUT2D eigenvalue weighted by Crippen LogP contribution is -2.18. The van der Waals surface area contributed by atoms with Gasteiger partial charge in [-0.05, 0) is 13.0 Å². The number of fused-ring (bicyclic) bond motifs is 1. The van der Waals surface area contributed by atoms with Crippen molar-refractivity contribution in [2.45, 2.75) is 12.8 Å². The SMILES string of the molecule is Cn1[nH]c(=O)c2c1CCNCC2. The van der Waals surface area contributed by atoms with Crippen molar-refractivity contribution >= 4 is 0 Å². The van der Waals surface area contributed by atoms with E-state index in [9.17, 15) is 4.79 Å². The lowest BCUT2D eigenvalue weighted by Gasteiger charge is -1.99. The molecule has 4 heteroatoms. The summed E-state index contributed by atoms with van der Waals surface area (Å²) in [6.45, 7) is 1.89. The zero-order chi connectivity index (χ0) is 8.55. The average molecular weight is 167 g/mol. The standard InChI is InChI=1S/C8H13N3O/c1-11-7-3-5-9-4-2-6(7)8(12)10-11/h9H,2-5H2,1H3,(H,10,12). The zero-order valence-electron chi connectivity index (χ0n) is 7.18. The van der Waals surface area contributed by atoms with Crippen LogP contribution in [0, 0.1) is 0 Å². The fourth-order valence-electron chi connectivity index (χ4n) is 1.74. The van der Waals surface area contributed by atoms with E-state index in [0.717, 1.165) is 37.2 Å². The molecule has 0 unspecified atom stereocenters. The van der Waals surface area contributed by atoms with Crippen molar-refractivity contribution in [2.24, 2.45) is 7.05 Å². The highest BCUT2D eigenvalue weighted by molar-refractivity contribution is 5.19. The van der Waals surface area contributed by atoms with Gasteiger partial charge in [0.2, 0.25) is 0 Å². The van der Waals surface area contributed by atoms with Crippen molar-refractivity contribution in [3.05, 3.63) is 21.6 Å². The zero-order valence-corrected chi connectivity index (χ0v) is 7.18. The number of hydrogen-bond acceptors (Lipinski definition) is 2. The lowest BCUT2D eigenvalue weighted by atomic mass is 10.1. The second-order valence-corrected chi connectivity index (χ2v) is 3.18. The first kappa shape index (κ1) is 7.61. The molecular weight excluding hydrogens is 154 g/mol. The van der Waals surface area contributed by atoms with Crippen molar-refractivity contribution in [3.8, 4) is 0 Å². The molecule has 66 valence electrons. The van der Waals surface area contributed by atoms with Crippen molar-refractivity contribution in [1.82, 2.24) is 15.1 Å². The molecule has 2 N–H and O–H groups in total. The molecule has 2 rings (SSSR count). The third-order valence-electron chi connectivity index (χ3n) is 2.39. The number of nitrogens with zero attached hydrogens (tertiary/aromatic N) is 1. The van der Waals surface area contributed by atoms with Crippen LogP contribution in [0.25, 0.3) is 0 Å². The van der Waals surface area contributed by atoms with Crippen molar-refractivity contribution < 1.29 is 0 Å². The fourth-order valence-corrected chi connectivity index (χ4v) is 1.74. The summed E-state index contributed by atoms with van der Waals surface area (Å²) >= 11 is 0. The van der Waals surface area contributed by atoms with Crippen LogP contribution in [0.15, 0.2) is 4.79 Å². The van der Waals surface area contributed by atoms with E-state index in [0.29, 0.717) is 0 Å². The molecule has 4 nitrogen and oxygen atoms in total. The molecule has 0 aromatic carbocycles. The van der Waals surface area contributed by atoms with E-state index in [1.54, 1.807) is 0 Å². The Morgan fingerprint density at radius 3 is 2.92 bits per heavy atom. The van der Waals surface area contributed by atoms with Gasteiger partial charge in [-0.15, -0.1) is 0 Å². The van der Waals surface area contributed by atoms with Crippen LogP contribution < -0.4 is 10.9 Å². The molecule has 0 aliphatic carbocycles. The van der Waals surface area contributed by atoms with Gasteiger partial charge in [-0.3, -0.25) is 14.6 Å². The van der Waals surface area contributed by atoms with E-state index >= 15 is 0 Å². The summed E-state index contributed by atoms with van der Waals surface area (Å²) in [5.41, 5.74) is 2.20. The summed E-state index contributed by atoms with van der Waals surface area (Å²) in [5, 5.41) is 6.05. The summed E-state index contributed by atoms with van der Waals surface area (Å²) in [4.78, 5) is 11.3.